The molecule has 1 N–H and O–H groups in total. The molecule has 1 aromatic carbocycles. The van der Waals surface area contributed by atoms with Gasteiger partial charge in [0.05, 0.1) is 0 Å². The Labute approximate surface area is 131 Å². The van der Waals surface area contributed by atoms with Crippen molar-refractivity contribution in [1.29, 1.82) is 0 Å². The molecule has 20 heavy (non-hydrogen) atoms. The summed E-state index contributed by atoms with van der Waals surface area (Å²) in [4.78, 5) is 4.14. The van der Waals surface area contributed by atoms with Crippen molar-refractivity contribution in [2.24, 2.45) is 0 Å². The molecule has 1 atom stereocenters. The van der Waals surface area contributed by atoms with Gasteiger partial charge in [-0.2, -0.15) is 0 Å². The van der Waals surface area contributed by atoms with E-state index in [2.05, 4.69) is 26.2 Å². The molecule has 2 rings (SSSR count). The van der Waals surface area contributed by atoms with E-state index < -0.39 is 0 Å². The molecule has 1 heterocycles. The average molecular weight is 358 g/mol. The molecule has 106 valence electrons. The van der Waals surface area contributed by atoms with E-state index in [1.165, 1.54) is 6.07 Å². The molecule has 0 aliphatic heterocycles. The Morgan fingerprint density at radius 2 is 2.15 bits per heavy atom. The van der Waals surface area contributed by atoms with Gasteiger partial charge in [0.25, 0.3) is 0 Å². The first-order chi connectivity index (χ1) is 9.60. The van der Waals surface area contributed by atoms with Crippen LogP contribution in [-0.4, -0.2) is 18.1 Å². The number of nitrogens with one attached hydrogen (secondary N) is 1. The predicted octanol–water partition coefficient (Wildman–Crippen LogP) is 4.01. The number of halogens is 3. The molecule has 0 amide bonds. The molecule has 2 aromatic rings. The Bertz CT molecular complexity index is 572. The number of benzene rings is 1. The van der Waals surface area contributed by atoms with Crippen LogP contribution in [-0.2, 0) is 12.8 Å². The molecule has 0 saturated heterocycles. The number of nitrogens with zero attached hydrogens (tertiary/aromatic N) is 1. The maximum atomic E-state index is 13.8. The second-order valence-electron chi connectivity index (χ2n) is 4.61. The van der Waals surface area contributed by atoms with Crippen molar-refractivity contribution >= 4 is 27.5 Å². The standard InChI is InChI=1S/C15H15BrClFN2/c1-19-12(6-10-5-11(16)9-20-8-10)7-13-14(17)3-2-4-15(13)18/h2-5,8-9,12,19H,6-7H2,1H3. The Morgan fingerprint density at radius 3 is 2.80 bits per heavy atom. The van der Waals surface area contributed by atoms with Crippen molar-refractivity contribution < 1.29 is 4.39 Å². The second kappa shape index (κ2) is 7.16. The molecular formula is C15H15BrClFN2. The molecule has 0 bridgehead atoms. The zero-order valence-electron chi connectivity index (χ0n) is 11.0. The number of likely N-dealkylation sites (N-methyl/N-ethyl adjacent to an activating group) is 1. The van der Waals surface area contributed by atoms with Crippen molar-refractivity contribution in [3.05, 3.63) is 63.1 Å². The highest BCUT2D eigenvalue weighted by molar-refractivity contribution is 9.10. The van der Waals surface area contributed by atoms with Crippen LogP contribution in [0.5, 0.6) is 0 Å². The minimum Gasteiger partial charge on any atom is -0.316 e. The summed E-state index contributed by atoms with van der Waals surface area (Å²) in [5.74, 6) is -0.259. The summed E-state index contributed by atoms with van der Waals surface area (Å²) in [7, 11) is 1.87. The van der Waals surface area contributed by atoms with Crippen LogP contribution < -0.4 is 5.32 Å². The monoisotopic (exact) mass is 356 g/mol. The average Bonchev–Trinajstić information content (AvgIpc) is 2.42. The first-order valence-corrected chi connectivity index (χ1v) is 7.47. The minimum atomic E-state index is -0.259. The van der Waals surface area contributed by atoms with E-state index in [1.54, 1.807) is 18.3 Å². The maximum Gasteiger partial charge on any atom is 0.127 e. The third-order valence-corrected chi connectivity index (χ3v) is 3.95. The van der Waals surface area contributed by atoms with Gasteiger partial charge in [-0.1, -0.05) is 17.7 Å². The molecule has 0 aliphatic carbocycles. The van der Waals surface area contributed by atoms with E-state index in [-0.39, 0.29) is 11.9 Å². The quantitative estimate of drug-likeness (QED) is 0.874. The molecule has 0 aliphatic rings. The van der Waals surface area contributed by atoms with Gasteiger partial charge >= 0.3 is 0 Å². The fraction of sp³-hybridized carbons (Fsp3) is 0.267. The summed E-state index contributed by atoms with van der Waals surface area (Å²) in [5, 5.41) is 3.67. The van der Waals surface area contributed by atoms with Crippen LogP contribution >= 0.6 is 27.5 Å². The molecule has 0 fully saturated rings. The van der Waals surface area contributed by atoms with Gasteiger partial charge in [-0.25, -0.2) is 4.39 Å². The molecular weight excluding hydrogens is 343 g/mol. The van der Waals surface area contributed by atoms with E-state index in [0.29, 0.717) is 17.0 Å². The summed E-state index contributed by atoms with van der Waals surface area (Å²) < 4.78 is 14.8. The normalized spacial score (nSPS) is 12.4. The van der Waals surface area contributed by atoms with Crippen molar-refractivity contribution in [3.63, 3.8) is 0 Å². The topological polar surface area (TPSA) is 24.9 Å². The van der Waals surface area contributed by atoms with E-state index in [9.17, 15) is 4.39 Å². The molecule has 1 aromatic heterocycles. The van der Waals surface area contributed by atoms with Crippen LogP contribution in [0, 0.1) is 5.82 Å². The van der Waals surface area contributed by atoms with Gasteiger partial charge in [-0.3, -0.25) is 4.98 Å². The Morgan fingerprint density at radius 1 is 1.35 bits per heavy atom. The second-order valence-corrected chi connectivity index (χ2v) is 5.93. The van der Waals surface area contributed by atoms with Gasteiger partial charge in [0.15, 0.2) is 0 Å². The lowest BCUT2D eigenvalue weighted by molar-refractivity contribution is 0.532. The third-order valence-electron chi connectivity index (χ3n) is 3.16. The highest BCUT2D eigenvalue weighted by Crippen LogP contribution is 2.21. The summed E-state index contributed by atoms with van der Waals surface area (Å²) >= 11 is 9.47. The predicted molar refractivity (Wildman–Crippen MR) is 83.6 cm³/mol. The van der Waals surface area contributed by atoms with Crippen LogP contribution in [0.25, 0.3) is 0 Å². The van der Waals surface area contributed by atoms with Gasteiger partial charge in [-0.15, -0.1) is 0 Å². The molecule has 1 unspecified atom stereocenters. The van der Waals surface area contributed by atoms with E-state index in [0.717, 1.165) is 16.5 Å². The number of pyridine rings is 1. The van der Waals surface area contributed by atoms with Crippen LogP contribution in [0.3, 0.4) is 0 Å². The van der Waals surface area contributed by atoms with Gasteiger partial charge in [-0.05, 0) is 59.6 Å². The van der Waals surface area contributed by atoms with Gasteiger partial charge in [0.2, 0.25) is 0 Å². The van der Waals surface area contributed by atoms with Gasteiger partial charge < -0.3 is 5.32 Å². The summed E-state index contributed by atoms with van der Waals surface area (Å²) in [6, 6.07) is 6.89. The van der Waals surface area contributed by atoms with Gasteiger partial charge in [0.1, 0.15) is 5.82 Å². The zero-order valence-corrected chi connectivity index (χ0v) is 13.4. The van der Waals surface area contributed by atoms with E-state index in [1.807, 2.05) is 19.3 Å². The first kappa shape index (κ1) is 15.4. The van der Waals surface area contributed by atoms with Crippen molar-refractivity contribution in [1.82, 2.24) is 10.3 Å². The van der Waals surface area contributed by atoms with Crippen LogP contribution in [0.15, 0.2) is 41.1 Å². The largest absolute Gasteiger partial charge is 0.316 e. The Kier molecular flexibility index (Phi) is 5.52. The number of hydrogen-bond donors (Lipinski definition) is 1. The molecule has 0 saturated carbocycles. The number of hydrogen-bond acceptors (Lipinski definition) is 2. The van der Waals surface area contributed by atoms with Crippen LogP contribution in [0.1, 0.15) is 11.1 Å². The minimum absolute atomic E-state index is 0.0977. The lowest BCUT2D eigenvalue weighted by Gasteiger charge is -2.17. The van der Waals surface area contributed by atoms with Gasteiger partial charge in [0, 0.05) is 33.5 Å². The van der Waals surface area contributed by atoms with Crippen molar-refractivity contribution in [3.8, 4) is 0 Å². The molecule has 0 radical (unpaired) electrons. The molecule has 2 nitrogen and oxygen atoms in total. The molecule has 5 heteroatoms. The van der Waals surface area contributed by atoms with Crippen molar-refractivity contribution in [2.75, 3.05) is 7.05 Å². The summed E-state index contributed by atoms with van der Waals surface area (Å²) in [5.41, 5.74) is 1.64. The van der Waals surface area contributed by atoms with E-state index >= 15 is 0 Å². The van der Waals surface area contributed by atoms with E-state index in [4.69, 9.17) is 11.6 Å². The van der Waals surface area contributed by atoms with Crippen LogP contribution in [0.4, 0.5) is 4.39 Å². The number of aromatic nitrogens is 1. The SMILES string of the molecule is CNC(Cc1cncc(Br)c1)Cc1c(F)cccc1Cl. The summed E-state index contributed by atoms with van der Waals surface area (Å²) in [6.45, 7) is 0. The zero-order chi connectivity index (χ0) is 14.5. The lowest BCUT2D eigenvalue weighted by atomic mass is 9.99. The third kappa shape index (κ3) is 4.01. The smallest absolute Gasteiger partial charge is 0.127 e. The Balaban J connectivity index is 2.13. The molecule has 0 spiro atoms. The fourth-order valence-electron chi connectivity index (χ4n) is 2.10. The highest BCUT2D eigenvalue weighted by atomic mass is 79.9. The maximum absolute atomic E-state index is 13.8. The summed E-state index contributed by atoms with van der Waals surface area (Å²) in [6.07, 6.45) is 4.85. The van der Waals surface area contributed by atoms with Crippen molar-refractivity contribution in [2.45, 2.75) is 18.9 Å². The first-order valence-electron chi connectivity index (χ1n) is 6.29. The Hall–Kier alpha value is -0.970. The number of rotatable bonds is 5. The lowest BCUT2D eigenvalue weighted by Crippen LogP contribution is -2.30. The fourth-order valence-corrected chi connectivity index (χ4v) is 2.75. The van der Waals surface area contributed by atoms with Crippen LogP contribution in [0.2, 0.25) is 5.02 Å². The highest BCUT2D eigenvalue weighted by Gasteiger charge is 2.14.